The van der Waals surface area contributed by atoms with Gasteiger partial charge in [0.15, 0.2) is 5.82 Å². The lowest BCUT2D eigenvalue weighted by Crippen LogP contribution is -1.97. The molecular weight excluding hydrogens is 330 g/mol. The summed E-state index contributed by atoms with van der Waals surface area (Å²) in [5.74, 6) is 2.61. The van der Waals surface area contributed by atoms with Gasteiger partial charge in [-0.05, 0) is 30.7 Å². The highest BCUT2D eigenvalue weighted by Crippen LogP contribution is 2.38. The van der Waals surface area contributed by atoms with Crippen molar-refractivity contribution in [3.8, 4) is 23.1 Å². The van der Waals surface area contributed by atoms with E-state index in [4.69, 9.17) is 14.0 Å². The second-order valence-electron chi connectivity index (χ2n) is 6.04. The average Bonchev–Trinajstić information content (AvgIpc) is 3.24. The van der Waals surface area contributed by atoms with Gasteiger partial charge in [0.2, 0.25) is 0 Å². The summed E-state index contributed by atoms with van der Waals surface area (Å²) in [6.07, 6.45) is 0. The summed E-state index contributed by atoms with van der Waals surface area (Å²) in [7, 11) is 3.60. The van der Waals surface area contributed by atoms with E-state index in [0.717, 1.165) is 33.7 Å². The second-order valence-corrected chi connectivity index (χ2v) is 6.04. The number of hydrogen-bond donors (Lipinski definition) is 0. The fraction of sp³-hybridized carbons (Fsp3) is 0.200. The van der Waals surface area contributed by atoms with Gasteiger partial charge in [0.1, 0.15) is 23.8 Å². The van der Waals surface area contributed by atoms with Crippen molar-refractivity contribution in [2.24, 2.45) is 7.05 Å². The first-order valence-electron chi connectivity index (χ1n) is 8.31. The van der Waals surface area contributed by atoms with Crippen LogP contribution in [0.25, 0.3) is 22.5 Å². The van der Waals surface area contributed by atoms with Crippen LogP contribution >= 0.6 is 0 Å². The number of benzene rings is 2. The third-order valence-electron chi connectivity index (χ3n) is 4.32. The molecule has 0 saturated carbocycles. The molecule has 6 nitrogen and oxygen atoms in total. The van der Waals surface area contributed by atoms with Crippen LogP contribution in [0.2, 0.25) is 0 Å². The lowest BCUT2D eigenvalue weighted by molar-refractivity contribution is 0.309. The molecule has 0 unspecified atom stereocenters. The van der Waals surface area contributed by atoms with Crippen LogP contribution in [0.5, 0.6) is 11.5 Å². The molecule has 0 bridgehead atoms. The topological polar surface area (TPSA) is 62.3 Å². The predicted octanol–water partition coefficient (Wildman–Crippen LogP) is 4.12. The van der Waals surface area contributed by atoms with E-state index >= 15 is 0 Å². The Bertz CT molecular complexity index is 1050. The van der Waals surface area contributed by atoms with Crippen molar-refractivity contribution < 1.29 is 14.0 Å². The zero-order chi connectivity index (χ0) is 18.1. The van der Waals surface area contributed by atoms with E-state index in [1.165, 1.54) is 0 Å². The number of nitrogens with zero attached hydrogens (tertiary/aromatic N) is 3. The molecule has 0 aliphatic heterocycles. The molecular formula is C20H19N3O3. The second kappa shape index (κ2) is 6.55. The maximum absolute atomic E-state index is 6.08. The summed E-state index contributed by atoms with van der Waals surface area (Å²) in [4.78, 5) is 4.34. The molecule has 6 heteroatoms. The summed E-state index contributed by atoms with van der Waals surface area (Å²) in [6, 6.07) is 15.9. The molecule has 0 amide bonds. The van der Waals surface area contributed by atoms with Gasteiger partial charge in [-0.2, -0.15) is 4.98 Å². The molecule has 0 aliphatic carbocycles. The number of rotatable bonds is 5. The van der Waals surface area contributed by atoms with E-state index in [2.05, 4.69) is 10.1 Å². The number of aryl methyl sites for hydroxylation is 2. The third-order valence-corrected chi connectivity index (χ3v) is 4.32. The molecule has 4 rings (SSSR count). The van der Waals surface area contributed by atoms with Crippen LogP contribution in [0.3, 0.4) is 0 Å². The maximum Gasteiger partial charge on any atom is 0.274 e. The molecule has 0 radical (unpaired) electrons. The SMILES string of the molecule is COc1ccc(OCc2ccccc2)c2cc(-c3nc(C)no3)n(C)c12. The Balaban J connectivity index is 1.79. The summed E-state index contributed by atoms with van der Waals surface area (Å²) < 4.78 is 18.9. The highest BCUT2D eigenvalue weighted by atomic mass is 16.5. The Hall–Kier alpha value is -3.28. The Kier molecular flexibility index (Phi) is 4.08. The van der Waals surface area contributed by atoms with Crippen molar-refractivity contribution in [3.63, 3.8) is 0 Å². The van der Waals surface area contributed by atoms with Gasteiger partial charge in [0.25, 0.3) is 5.89 Å². The van der Waals surface area contributed by atoms with Crippen molar-refractivity contribution in [2.75, 3.05) is 7.11 Å². The zero-order valence-corrected chi connectivity index (χ0v) is 14.9. The lowest BCUT2D eigenvalue weighted by Gasteiger charge is -2.11. The molecule has 0 fully saturated rings. The van der Waals surface area contributed by atoms with Crippen LogP contribution in [-0.4, -0.2) is 21.8 Å². The minimum atomic E-state index is 0.470. The summed E-state index contributed by atoms with van der Waals surface area (Å²) in [6.45, 7) is 2.29. The minimum Gasteiger partial charge on any atom is -0.495 e. The van der Waals surface area contributed by atoms with E-state index < -0.39 is 0 Å². The average molecular weight is 349 g/mol. The number of methoxy groups -OCH3 is 1. The summed E-state index contributed by atoms with van der Waals surface area (Å²) >= 11 is 0. The normalized spacial score (nSPS) is 11.0. The Morgan fingerprint density at radius 2 is 1.85 bits per heavy atom. The Morgan fingerprint density at radius 3 is 2.54 bits per heavy atom. The van der Waals surface area contributed by atoms with Crippen LogP contribution < -0.4 is 9.47 Å². The molecule has 0 spiro atoms. The van der Waals surface area contributed by atoms with Crippen molar-refractivity contribution in [2.45, 2.75) is 13.5 Å². The van der Waals surface area contributed by atoms with Crippen LogP contribution in [-0.2, 0) is 13.7 Å². The molecule has 0 N–H and O–H groups in total. The van der Waals surface area contributed by atoms with Crippen LogP contribution in [0.4, 0.5) is 0 Å². The maximum atomic E-state index is 6.08. The molecule has 2 aromatic carbocycles. The molecule has 4 aromatic rings. The molecule has 0 atom stereocenters. The van der Waals surface area contributed by atoms with Gasteiger partial charge in [-0.1, -0.05) is 35.5 Å². The van der Waals surface area contributed by atoms with Gasteiger partial charge in [-0.3, -0.25) is 0 Å². The van der Waals surface area contributed by atoms with Crippen molar-refractivity contribution in [1.82, 2.24) is 14.7 Å². The van der Waals surface area contributed by atoms with Gasteiger partial charge in [-0.15, -0.1) is 0 Å². The van der Waals surface area contributed by atoms with Crippen molar-refractivity contribution in [1.29, 1.82) is 0 Å². The highest BCUT2D eigenvalue weighted by molar-refractivity contribution is 5.95. The number of ether oxygens (including phenoxy) is 2. The van der Waals surface area contributed by atoms with Crippen molar-refractivity contribution >= 4 is 10.9 Å². The first kappa shape index (κ1) is 16.2. The fourth-order valence-electron chi connectivity index (χ4n) is 3.04. The largest absolute Gasteiger partial charge is 0.495 e. The van der Waals surface area contributed by atoms with Gasteiger partial charge >= 0.3 is 0 Å². The molecule has 0 saturated heterocycles. The van der Waals surface area contributed by atoms with Crippen LogP contribution in [0.15, 0.2) is 53.1 Å². The molecule has 2 heterocycles. The zero-order valence-electron chi connectivity index (χ0n) is 14.9. The van der Waals surface area contributed by atoms with E-state index in [1.807, 2.05) is 60.1 Å². The highest BCUT2D eigenvalue weighted by Gasteiger charge is 2.19. The van der Waals surface area contributed by atoms with Gasteiger partial charge in [-0.25, -0.2) is 0 Å². The lowest BCUT2D eigenvalue weighted by atomic mass is 10.2. The smallest absolute Gasteiger partial charge is 0.274 e. The quantitative estimate of drug-likeness (QED) is 0.542. The number of hydrogen-bond acceptors (Lipinski definition) is 5. The first-order chi connectivity index (χ1) is 12.7. The van der Waals surface area contributed by atoms with E-state index in [9.17, 15) is 0 Å². The molecule has 132 valence electrons. The standard InChI is InChI=1S/C20H19N3O3/c1-13-21-20(26-22-13)16-11-15-17(25-12-14-7-5-4-6-8-14)9-10-18(24-3)19(15)23(16)2/h4-11H,12H2,1-3H3. The third kappa shape index (κ3) is 2.79. The van der Waals surface area contributed by atoms with Gasteiger partial charge in [0, 0.05) is 12.4 Å². The van der Waals surface area contributed by atoms with Gasteiger partial charge < -0.3 is 18.6 Å². The monoisotopic (exact) mass is 349 g/mol. The predicted molar refractivity (Wildman–Crippen MR) is 98.3 cm³/mol. The number of fused-ring (bicyclic) bond motifs is 1. The van der Waals surface area contributed by atoms with Crippen molar-refractivity contribution in [3.05, 3.63) is 59.9 Å². The van der Waals surface area contributed by atoms with Crippen LogP contribution in [0.1, 0.15) is 11.4 Å². The Labute approximate surface area is 151 Å². The summed E-state index contributed by atoms with van der Waals surface area (Å²) in [5.41, 5.74) is 2.85. The molecule has 26 heavy (non-hydrogen) atoms. The number of aromatic nitrogens is 3. The minimum absolute atomic E-state index is 0.470. The van der Waals surface area contributed by atoms with E-state index in [1.54, 1.807) is 14.0 Å². The summed E-state index contributed by atoms with van der Waals surface area (Å²) in [5, 5.41) is 4.82. The fourth-order valence-corrected chi connectivity index (χ4v) is 3.04. The Morgan fingerprint density at radius 1 is 1.08 bits per heavy atom. The van der Waals surface area contributed by atoms with E-state index in [-0.39, 0.29) is 0 Å². The first-order valence-corrected chi connectivity index (χ1v) is 8.31. The van der Waals surface area contributed by atoms with Gasteiger partial charge in [0.05, 0.1) is 12.6 Å². The molecule has 0 aliphatic rings. The molecule has 2 aromatic heterocycles. The van der Waals surface area contributed by atoms with E-state index in [0.29, 0.717) is 18.3 Å². The van der Waals surface area contributed by atoms with Crippen LogP contribution in [0, 0.1) is 6.92 Å².